The van der Waals surface area contributed by atoms with E-state index in [0.717, 1.165) is 0 Å². The van der Waals surface area contributed by atoms with Gasteiger partial charge < -0.3 is 5.43 Å². The minimum absolute atomic E-state index is 0. The fourth-order valence-corrected chi connectivity index (χ4v) is 0.696. The number of hydrogen-bond donors (Lipinski definition) is 2. The van der Waals surface area contributed by atoms with Crippen LogP contribution in [-0.4, -0.2) is 0 Å². The van der Waals surface area contributed by atoms with Gasteiger partial charge in [-0.3, -0.25) is 5.84 Å². The van der Waals surface area contributed by atoms with Gasteiger partial charge in [0.05, 0.1) is 11.3 Å². The number of benzene rings is 1. The van der Waals surface area contributed by atoms with Gasteiger partial charge in [-0.05, 0) is 18.2 Å². The third kappa shape index (κ3) is 1.46. The first-order valence-electron chi connectivity index (χ1n) is 2.94. The van der Waals surface area contributed by atoms with Crippen LogP contribution in [0.1, 0.15) is 5.56 Å². The second-order valence-corrected chi connectivity index (χ2v) is 1.95. The zero-order valence-electron chi connectivity index (χ0n) is 5.90. The van der Waals surface area contributed by atoms with Crippen molar-refractivity contribution < 1.29 is 4.39 Å². The topological polar surface area (TPSA) is 61.8 Å². The molecule has 0 amide bonds. The number of hydrogen-bond acceptors (Lipinski definition) is 3. The zero-order chi connectivity index (χ0) is 8.27. The number of nitrogen functional groups attached to an aromatic ring is 1. The van der Waals surface area contributed by atoms with E-state index in [4.69, 9.17) is 11.1 Å². The Kier molecular flexibility index (Phi) is 2.77. The van der Waals surface area contributed by atoms with Crippen LogP contribution in [0.2, 0.25) is 0 Å². The molecule has 0 saturated heterocycles. The van der Waals surface area contributed by atoms with Crippen LogP contribution in [0.3, 0.4) is 0 Å². The Balaban J connectivity index is 0.00000121. The Morgan fingerprint density at radius 1 is 1.50 bits per heavy atom. The summed E-state index contributed by atoms with van der Waals surface area (Å²) in [5, 5.41) is 8.34. The number of halogens is 1. The van der Waals surface area contributed by atoms with Gasteiger partial charge in [-0.15, -0.1) is 0 Å². The Hall–Kier alpha value is -2.60. The fraction of sp³-hybridized carbons (Fsp3) is 0. The standard InChI is InChI=1S/C7H6FN3.No/c8-7-3-6(11-10)2-1-5(7)4-9;/h1-3,11H,10H2;. The van der Waals surface area contributed by atoms with Crippen molar-refractivity contribution in [3.8, 4) is 6.07 Å². The van der Waals surface area contributed by atoms with Crippen LogP contribution in [0.25, 0.3) is 0 Å². The number of nitrogens with one attached hydrogen (secondary N) is 1. The normalized spacial score (nSPS) is 8.08. The second kappa shape index (κ2) is 3.54. The van der Waals surface area contributed by atoms with E-state index < -0.39 is 5.82 Å². The summed E-state index contributed by atoms with van der Waals surface area (Å²) in [5.74, 6) is 4.44. The molecule has 1 aromatic rings. The third-order valence-electron chi connectivity index (χ3n) is 1.26. The Morgan fingerprint density at radius 3 is 2.58 bits per heavy atom. The largest absolute Gasteiger partial charge is 0.324 e. The van der Waals surface area contributed by atoms with Crippen LogP contribution >= 0.6 is 0 Å². The zero-order valence-corrected chi connectivity index (χ0v) is 8.13. The molecule has 12 heavy (non-hydrogen) atoms. The molecule has 3 nitrogen and oxygen atoms in total. The molecule has 0 aliphatic heterocycles. The molecule has 3 N–H and O–H groups in total. The predicted octanol–water partition coefficient (Wildman–Crippen LogP) is 0.983. The van der Waals surface area contributed by atoms with Crippen molar-refractivity contribution in [2.24, 2.45) is 5.84 Å². The number of anilines is 1. The second-order valence-electron chi connectivity index (χ2n) is 1.95. The fourth-order valence-electron chi connectivity index (χ4n) is 0.696. The van der Waals surface area contributed by atoms with Gasteiger partial charge >= 0.3 is 0 Å². The van der Waals surface area contributed by atoms with Gasteiger partial charge in [0, 0.05) is 0 Å². The monoisotopic (exact) mass is 410 g/mol. The SMILES string of the molecule is N#Cc1ccc(NN)cc1F.[No]. The van der Waals surface area contributed by atoms with Crippen molar-refractivity contribution in [3.63, 3.8) is 0 Å². The van der Waals surface area contributed by atoms with Gasteiger partial charge in [0.2, 0.25) is 0 Å². The van der Waals surface area contributed by atoms with E-state index >= 15 is 0 Å². The number of rotatable bonds is 1. The molecule has 0 fully saturated rings. The molecule has 0 unspecified atom stereocenters. The van der Waals surface area contributed by atoms with Crippen molar-refractivity contribution in [2.75, 3.05) is 5.43 Å². The molecule has 0 aliphatic carbocycles. The van der Waals surface area contributed by atoms with Crippen LogP contribution in [0.5, 0.6) is 0 Å². The number of hydrazine groups is 1. The van der Waals surface area contributed by atoms with Crippen LogP contribution < -0.4 is 11.3 Å². The first-order valence-corrected chi connectivity index (χ1v) is 2.94. The van der Waals surface area contributed by atoms with Gasteiger partial charge in [-0.25, -0.2) is 4.39 Å². The molecule has 1 rings (SSSR count). The third-order valence-corrected chi connectivity index (χ3v) is 1.26. The minimum Gasteiger partial charge on any atom is -0.324 e. The Labute approximate surface area is 63.2 Å². The number of nitrogens with two attached hydrogens (primary N) is 1. The summed E-state index contributed by atoms with van der Waals surface area (Å²) < 4.78 is 12.7. The molecular formula is C7H6FN3No. The maximum absolute atomic E-state index is 12.7. The molecule has 0 bridgehead atoms. The summed E-state index contributed by atoms with van der Waals surface area (Å²) >= 11 is 0. The van der Waals surface area contributed by atoms with Gasteiger partial charge in [0.15, 0.2) is 0 Å². The molecule has 0 atom stereocenters. The molecule has 70 valence electrons. The van der Waals surface area contributed by atoms with Crippen molar-refractivity contribution >= 4 is 5.69 Å². The van der Waals surface area contributed by atoms with Crippen molar-refractivity contribution in [1.29, 1.82) is 5.26 Å². The quantitative estimate of drug-likeness (QED) is 0.537. The smallest absolute Gasteiger partial charge is 0.143 e. The molecule has 0 heterocycles. The Bertz CT molecular complexity index is 308. The van der Waals surface area contributed by atoms with Gasteiger partial charge in [-0.1, -0.05) is 0 Å². The van der Waals surface area contributed by atoms with E-state index in [9.17, 15) is 4.39 Å². The first kappa shape index (κ1) is 9.40. The average Bonchev–Trinajstić information content (AvgIpc) is 2.04. The maximum Gasteiger partial charge on any atom is 0.143 e. The summed E-state index contributed by atoms with van der Waals surface area (Å²) in [6.45, 7) is 0. The molecule has 0 aliphatic rings. The van der Waals surface area contributed by atoms with Crippen LogP contribution in [0.15, 0.2) is 18.2 Å². The summed E-state index contributed by atoms with van der Waals surface area (Å²) in [6.07, 6.45) is 0. The molecular weight excluding hydrogens is 404 g/mol. The molecule has 5 heteroatoms. The van der Waals surface area contributed by atoms with Gasteiger partial charge in [0.1, 0.15) is 11.9 Å². The molecule has 0 spiro atoms. The summed E-state index contributed by atoms with van der Waals surface area (Å²) in [5.41, 5.74) is 2.73. The average molecular weight is 410 g/mol. The van der Waals surface area contributed by atoms with E-state index in [2.05, 4.69) is 5.43 Å². The molecule has 0 aromatic heterocycles. The predicted molar refractivity (Wildman–Crippen MR) is 38.9 cm³/mol. The van der Waals surface area contributed by atoms with E-state index in [1.165, 1.54) is 18.2 Å². The van der Waals surface area contributed by atoms with Gasteiger partial charge in [0.25, 0.3) is 0 Å². The van der Waals surface area contributed by atoms with Crippen molar-refractivity contribution in [3.05, 3.63) is 29.6 Å². The molecule has 0 saturated carbocycles. The van der Waals surface area contributed by atoms with E-state index in [1.54, 1.807) is 6.07 Å². The number of nitrogens with zero attached hydrogens (tertiary/aromatic N) is 1. The summed E-state index contributed by atoms with van der Waals surface area (Å²) in [4.78, 5) is 0. The minimum atomic E-state index is -0.567. The van der Waals surface area contributed by atoms with Crippen LogP contribution in [0.4, 0.5) is 10.1 Å². The van der Waals surface area contributed by atoms with Crippen molar-refractivity contribution in [1.82, 2.24) is 0 Å². The maximum atomic E-state index is 12.7. The summed E-state index contributed by atoms with van der Waals surface area (Å²) in [7, 11) is 0. The van der Waals surface area contributed by atoms with E-state index in [1.807, 2.05) is 0 Å². The number of nitriles is 1. The van der Waals surface area contributed by atoms with Crippen LogP contribution in [-0.2, 0) is 0 Å². The van der Waals surface area contributed by atoms with Crippen molar-refractivity contribution in [2.45, 2.75) is 0 Å². The van der Waals surface area contributed by atoms with Crippen LogP contribution in [0, 0.1) is 17.1 Å². The van der Waals surface area contributed by atoms with E-state index in [-0.39, 0.29) is 5.56 Å². The molecule has 0 radical (unpaired) electrons. The first-order chi connectivity index (χ1) is 5.27. The Morgan fingerprint density at radius 2 is 2.17 bits per heavy atom. The van der Waals surface area contributed by atoms with Gasteiger partial charge in [-0.2, -0.15) is 5.26 Å². The summed E-state index contributed by atoms with van der Waals surface area (Å²) in [6, 6.07) is 5.76. The van der Waals surface area contributed by atoms with E-state index in [0.29, 0.717) is 5.69 Å². The molecule has 1 aromatic carbocycles.